The van der Waals surface area contributed by atoms with Gasteiger partial charge in [-0.2, -0.15) is 0 Å². The van der Waals surface area contributed by atoms with E-state index in [1.807, 2.05) is 6.08 Å². The van der Waals surface area contributed by atoms with Gasteiger partial charge >= 0.3 is 17.9 Å². The van der Waals surface area contributed by atoms with E-state index in [1.54, 1.807) is 6.08 Å². The second kappa shape index (κ2) is 63.1. The van der Waals surface area contributed by atoms with Crippen molar-refractivity contribution in [2.45, 2.75) is 322 Å². The van der Waals surface area contributed by atoms with E-state index in [2.05, 4.69) is 93.7 Å². The molecule has 0 spiro atoms. The molecule has 0 aliphatic rings. The first-order valence-electron chi connectivity index (χ1n) is 32.1. The molecule has 432 valence electrons. The molecule has 1 atom stereocenters. The maximum atomic E-state index is 12.8. The molecular formula is C69H120O6. The number of unbranched alkanes of at least 4 members (excludes halogenated alkanes) is 34. The largest absolute Gasteiger partial charge is 0.462 e. The van der Waals surface area contributed by atoms with Crippen molar-refractivity contribution in [3.05, 3.63) is 85.1 Å². The molecule has 0 aromatic rings. The minimum Gasteiger partial charge on any atom is -0.462 e. The molecule has 0 aliphatic heterocycles. The van der Waals surface area contributed by atoms with Crippen LogP contribution in [0.4, 0.5) is 0 Å². The van der Waals surface area contributed by atoms with Crippen LogP contribution in [0.5, 0.6) is 0 Å². The third-order valence-corrected chi connectivity index (χ3v) is 13.9. The summed E-state index contributed by atoms with van der Waals surface area (Å²) in [5.74, 6) is -1.03. The third kappa shape index (κ3) is 61.3. The fourth-order valence-electron chi connectivity index (χ4n) is 9.14. The van der Waals surface area contributed by atoms with Crippen molar-refractivity contribution in [2.75, 3.05) is 13.2 Å². The number of carbonyl (C=O) groups is 3. The number of rotatable bonds is 58. The molecule has 0 rings (SSSR count). The van der Waals surface area contributed by atoms with E-state index < -0.39 is 12.1 Å². The zero-order valence-corrected chi connectivity index (χ0v) is 49.6. The predicted molar refractivity (Wildman–Crippen MR) is 325 cm³/mol. The van der Waals surface area contributed by atoms with Crippen molar-refractivity contribution >= 4 is 17.9 Å². The van der Waals surface area contributed by atoms with E-state index in [0.29, 0.717) is 12.8 Å². The van der Waals surface area contributed by atoms with Gasteiger partial charge in [0.25, 0.3) is 0 Å². The highest BCUT2D eigenvalue weighted by Crippen LogP contribution is 2.17. The van der Waals surface area contributed by atoms with E-state index in [4.69, 9.17) is 14.2 Å². The van der Waals surface area contributed by atoms with Gasteiger partial charge in [0.05, 0.1) is 6.42 Å². The molecule has 0 amide bonds. The number of ether oxygens (including phenoxy) is 3. The highest BCUT2D eigenvalue weighted by molar-refractivity contribution is 5.72. The first-order valence-corrected chi connectivity index (χ1v) is 32.1. The average Bonchev–Trinajstić information content (AvgIpc) is 3.41. The van der Waals surface area contributed by atoms with Gasteiger partial charge in [-0.3, -0.25) is 14.4 Å². The van der Waals surface area contributed by atoms with Crippen molar-refractivity contribution in [1.82, 2.24) is 0 Å². The minimum absolute atomic E-state index is 0.0994. The Bertz CT molecular complexity index is 1430. The lowest BCUT2D eigenvalue weighted by atomic mass is 10.0. The molecule has 0 N–H and O–H groups in total. The second-order valence-electron chi connectivity index (χ2n) is 21.3. The molecule has 75 heavy (non-hydrogen) atoms. The Morgan fingerprint density at radius 1 is 0.293 bits per heavy atom. The minimum atomic E-state index is -0.828. The van der Waals surface area contributed by atoms with Crippen molar-refractivity contribution in [1.29, 1.82) is 0 Å². The van der Waals surface area contributed by atoms with Crippen LogP contribution in [0, 0.1) is 0 Å². The fraction of sp³-hybridized carbons (Fsp3) is 0.754. The van der Waals surface area contributed by atoms with Gasteiger partial charge in [0.15, 0.2) is 6.10 Å². The molecule has 0 saturated heterocycles. The summed E-state index contributed by atoms with van der Waals surface area (Å²) in [5, 5.41) is 0. The highest BCUT2D eigenvalue weighted by Gasteiger charge is 2.19. The molecule has 0 fully saturated rings. The van der Waals surface area contributed by atoms with Gasteiger partial charge in [-0.15, -0.1) is 0 Å². The van der Waals surface area contributed by atoms with Crippen LogP contribution in [0.15, 0.2) is 85.1 Å². The van der Waals surface area contributed by atoms with Gasteiger partial charge in [-0.25, -0.2) is 0 Å². The Labute approximate surface area is 465 Å². The Balaban J connectivity index is 4.18. The summed E-state index contributed by atoms with van der Waals surface area (Å²) in [4.78, 5) is 38.1. The molecule has 6 heteroatoms. The first-order chi connectivity index (χ1) is 37.0. The van der Waals surface area contributed by atoms with Crippen molar-refractivity contribution in [3.63, 3.8) is 0 Å². The van der Waals surface area contributed by atoms with E-state index in [9.17, 15) is 14.4 Å². The molecule has 0 aliphatic carbocycles. The molecule has 0 saturated carbocycles. The van der Waals surface area contributed by atoms with Crippen molar-refractivity contribution in [3.8, 4) is 0 Å². The van der Waals surface area contributed by atoms with Gasteiger partial charge in [0.2, 0.25) is 0 Å². The third-order valence-electron chi connectivity index (χ3n) is 13.9. The quantitative estimate of drug-likeness (QED) is 0.0261. The van der Waals surface area contributed by atoms with Crippen LogP contribution in [-0.2, 0) is 28.6 Å². The average molecular weight is 1050 g/mol. The summed E-state index contributed by atoms with van der Waals surface area (Å²) < 4.78 is 16.8. The van der Waals surface area contributed by atoms with Gasteiger partial charge in [0.1, 0.15) is 13.2 Å². The van der Waals surface area contributed by atoms with Crippen LogP contribution in [0.3, 0.4) is 0 Å². The molecular weight excluding hydrogens is 925 g/mol. The lowest BCUT2D eigenvalue weighted by Gasteiger charge is -2.18. The molecule has 1 unspecified atom stereocenters. The topological polar surface area (TPSA) is 78.9 Å². The summed E-state index contributed by atoms with van der Waals surface area (Å²) in [6.07, 6.45) is 83.6. The normalized spacial score (nSPS) is 12.6. The zero-order valence-electron chi connectivity index (χ0n) is 49.6. The molecule has 0 heterocycles. The van der Waals surface area contributed by atoms with Gasteiger partial charge in [-0.05, 0) is 77.0 Å². The van der Waals surface area contributed by atoms with Crippen molar-refractivity contribution in [2.24, 2.45) is 0 Å². The molecule has 0 aromatic carbocycles. The predicted octanol–water partition coefficient (Wildman–Crippen LogP) is 21.9. The monoisotopic (exact) mass is 1040 g/mol. The van der Waals surface area contributed by atoms with E-state index in [-0.39, 0.29) is 31.6 Å². The number of hydrogen-bond donors (Lipinski definition) is 0. The molecule has 0 aromatic heterocycles. The fourth-order valence-corrected chi connectivity index (χ4v) is 9.14. The Morgan fingerprint density at radius 3 is 0.880 bits per heavy atom. The van der Waals surface area contributed by atoms with Gasteiger partial charge < -0.3 is 14.2 Å². The summed E-state index contributed by atoms with van der Waals surface area (Å²) in [5.41, 5.74) is 0. The van der Waals surface area contributed by atoms with Gasteiger partial charge in [-0.1, -0.05) is 305 Å². The zero-order chi connectivity index (χ0) is 54.3. The number of hydrogen-bond acceptors (Lipinski definition) is 6. The molecule has 0 bridgehead atoms. The van der Waals surface area contributed by atoms with Crippen LogP contribution in [0.1, 0.15) is 316 Å². The van der Waals surface area contributed by atoms with Crippen LogP contribution in [-0.4, -0.2) is 37.2 Å². The number of allylic oxidation sites excluding steroid dienone is 13. The standard InChI is InChI=1S/C69H120O6/c1-4-7-10-13-16-19-22-24-26-27-28-29-30-31-32-33-34-35-36-37-38-39-40-41-43-44-47-50-53-56-59-62-68(71)74-65-66(64-73-67(70)61-58-55-52-49-46-21-18-15-12-9-6-3)75-69(72)63-60-57-54-51-48-45-42-25-23-20-17-14-11-8-5-2/h8,11,17,20,22,24-25,27-28,42,48,51,57,60,66H,4-7,9-10,12-16,18-19,21,23,26,29-41,43-47,49-50,52-56,58-59,61-65H2,1-3H3/b11-8-,20-17-,24-22-,28-27-,42-25-,51-48-,60-57-. The first kappa shape index (κ1) is 71.6. The van der Waals surface area contributed by atoms with Gasteiger partial charge in [0, 0.05) is 12.8 Å². The van der Waals surface area contributed by atoms with Crippen LogP contribution < -0.4 is 0 Å². The summed E-state index contributed by atoms with van der Waals surface area (Å²) in [6.45, 7) is 6.45. The molecule has 6 nitrogen and oxygen atoms in total. The maximum Gasteiger partial charge on any atom is 0.310 e. The van der Waals surface area contributed by atoms with Crippen LogP contribution in [0.2, 0.25) is 0 Å². The molecule has 0 radical (unpaired) electrons. The van der Waals surface area contributed by atoms with Crippen LogP contribution in [0.25, 0.3) is 0 Å². The number of esters is 3. The van der Waals surface area contributed by atoms with Crippen molar-refractivity contribution < 1.29 is 28.6 Å². The highest BCUT2D eigenvalue weighted by atomic mass is 16.6. The Kier molecular flexibility index (Phi) is 60.3. The Morgan fingerprint density at radius 2 is 0.560 bits per heavy atom. The summed E-state index contributed by atoms with van der Waals surface area (Å²) >= 11 is 0. The summed E-state index contributed by atoms with van der Waals surface area (Å²) in [6, 6.07) is 0. The smallest absolute Gasteiger partial charge is 0.310 e. The maximum absolute atomic E-state index is 12.8. The Hall–Kier alpha value is -3.41. The SMILES string of the molecule is CC/C=C\C/C=C\C/C=C\C/C=C\C/C=C\CC(=O)OC(COC(=O)CCCCCCCCCCCCC)COC(=O)CCCCCCCCCCCCCCCCCCCCC/C=C\C/C=C\CCCCCCC. The lowest BCUT2D eigenvalue weighted by Crippen LogP contribution is -2.30. The lowest BCUT2D eigenvalue weighted by molar-refractivity contribution is -0.166. The second-order valence-corrected chi connectivity index (χ2v) is 21.3. The summed E-state index contributed by atoms with van der Waals surface area (Å²) in [7, 11) is 0. The van der Waals surface area contributed by atoms with E-state index >= 15 is 0 Å². The van der Waals surface area contributed by atoms with Crippen LogP contribution >= 0.6 is 0 Å². The van der Waals surface area contributed by atoms with E-state index in [0.717, 1.165) is 77.0 Å². The number of carbonyl (C=O) groups excluding carboxylic acids is 3. The van der Waals surface area contributed by atoms with E-state index in [1.165, 1.54) is 199 Å².